The minimum absolute atomic E-state index is 0.0988. The normalized spacial score (nSPS) is 11.6. The lowest BCUT2D eigenvalue weighted by Crippen LogP contribution is -2.48. The first-order valence-corrected chi connectivity index (χ1v) is 11.5. The lowest BCUT2D eigenvalue weighted by atomic mass is 10.1. The van der Waals surface area contributed by atoms with E-state index in [-0.39, 0.29) is 17.6 Å². The number of hydrogen-bond donors (Lipinski definition) is 1. The predicted molar refractivity (Wildman–Crippen MR) is 124 cm³/mol. The molecular formula is C22H26Cl2N2O3S. The Hall–Kier alpha value is -1.89. The van der Waals surface area contributed by atoms with Crippen molar-refractivity contribution in [3.05, 3.63) is 63.6 Å². The molecule has 1 atom stereocenters. The van der Waals surface area contributed by atoms with E-state index in [1.807, 2.05) is 37.3 Å². The van der Waals surface area contributed by atoms with Crippen molar-refractivity contribution in [3.63, 3.8) is 0 Å². The number of thioether (sulfide) groups is 1. The fourth-order valence-corrected chi connectivity index (χ4v) is 4.20. The van der Waals surface area contributed by atoms with Crippen molar-refractivity contribution in [3.8, 4) is 5.75 Å². The van der Waals surface area contributed by atoms with E-state index in [0.717, 1.165) is 11.1 Å². The number of nitrogens with zero attached hydrogens (tertiary/aromatic N) is 1. The number of nitrogens with one attached hydrogen (secondary N) is 1. The first-order valence-electron chi connectivity index (χ1n) is 9.55. The van der Waals surface area contributed by atoms with Crippen molar-refractivity contribution in [1.82, 2.24) is 10.2 Å². The number of likely N-dealkylation sites (N-methyl/N-ethyl adjacent to an activating group) is 1. The number of amides is 2. The van der Waals surface area contributed by atoms with Crippen molar-refractivity contribution in [2.45, 2.75) is 31.7 Å². The molecule has 2 aromatic rings. The first-order chi connectivity index (χ1) is 14.4. The Labute approximate surface area is 192 Å². The minimum Gasteiger partial charge on any atom is -0.497 e. The Morgan fingerprint density at radius 3 is 2.53 bits per heavy atom. The van der Waals surface area contributed by atoms with E-state index in [4.69, 9.17) is 27.9 Å². The van der Waals surface area contributed by atoms with Crippen LogP contribution >= 0.6 is 35.0 Å². The number of rotatable bonds is 10. The molecule has 0 saturated heterocycles. The van der Waals surface area contributed by atoms with Gasteiger partial charge in [-0.25, -0.2) is 0 Å². The van der Waals surface area contributed by atoms with Crippen molar-refractivity contribution in [2.75, 3.05) is 19.9 Å². The van der Waals surface area contributed by atoms with Crippen LogP contribution in [0.1, 0.15) is 24.5 Å². The molecular weight excluding hydrogens is 443 g/mol. The van der Waals surface area contributed by atoms with Crippen LogP contribution in [0.2, 0.25) is 10.0 Å². The summed E-state index contributed by atoms with van der Waals surface area (Å²) in [6.45, 7) is 2.23. The molecule has 5 nitrogen and oxygen atoms in total. The standard InChI is InChI=1S/C22H26Cl2N2O3S/c1-4-20(22(28)25-2)26(12-15-6-5-7-17(10-15)29-3)21(27)14-30-13-16-8-9-18(23)19(24)11-16/h5-11,20H,4,12-14H2,1-3H3,(H,25,28)/t20-/m0/s1. The van der Waals surface area contributed by atoms with Crippen molar-refractivity contribution in [2.24, 2.45) is 0 Å². The number of benzene rings is 2. The monoisotopic (exact) mass is 468 g/mol. The second kappa shape index (κ2) is 12.1. The number of carbonyl (C=O) groups excluding carboxylic acids is 2. The maximum absolute atomic E-state index is 13.1. The molecule has 0 spiro atoms. The third kappa shape index (κ3) is 6.83. The Bertz CT molecular complexity index is 879. The average Bonchev–Trinajstić information content (AvgIpc) is 2.75. The lowest BCUT2D eigenvalue weighted by Gasteiger charge is -2.30. The number of carbonyl (C=O) groups is 2. The maximum Gasteiger partial charge on any atom is 0.242 e. The summed E-state index contributed by atoms with van der Waals surface area (Å²) in [4.78, 5) is 27.1. The van der Waals surface area contributed by atoms with Crippen LogP contribution in [0.15, 0.2) is 42.5 Å². The largest absolute Gasteiger partial charge is 0.497 e. The molecule has 2 aromatic carbocycles. The van der Waals surface area contributed by atoms with Gasteiger partial charge in [-0.05, 0) is 41.8 Å². The molecule has 0 bridgehead atoms. The Balaban J connectivity index is 2.12. The van der Waals surface area contributed by atoms with Crippen LogP contribution in [0.3, 0.4) is 0 Å². The fourth-order valence-electron chi connectivity index (χ4n) is 3.02. The molecule has 0 heterocycles. The van der Waals surface area contributed by atoms with Gasteiger partial charge in [-0.15, -0.1) is 11.8 Å². The van der Waals surface area contributed by atoms with E-state index >= 15 is 0 Å². The van der Waals surface area contributed by atoms with E-state index in [1.165, 1.54) is 11.8 Å². The SMILES string of the molecule is CC[C@@H](C(=O)NC)N(Cc1cccc(OC)c1)C(=O)CSCc1ccc(Cl)c(Cl)c1. The van der Waals surface area contributed by atoms with Gasteiger partial charge in [0.25, 0.3) is 0 Å². The van der Waals surface area contributed by atoms with Gasteiger partial charge in [0, 0.05) is 19.3 Å². The average molecular weight is 469 g/mol. The summed E-state index contributed by atoms with van der Waals surface area (Å²) in [6.07, 6.45) is 0.521. The zero-order chi connectivity index (χ0) is 22.1. The van der Waals surface area contributed by atoms with Gasteiger partial charge in [0.2, 0.25) is 11.8 Å². The smallest absolute Gasteiger partial charge is 0.242 e. The van der Waals surface area contributed by atoms with Crippen LogP contribution in [-0.2, 0) is 21.9 Å². The zero-order valence-electron chi connectivity index (χ0n) is 17.3. The van der Waals surface area contributed by atoms with Crippen LogP contribution in [-0.4, -0.2) is 42.7 Å². The number of methoxy groups -OCH3 is 1. The Morgan fingerprint density at radius 2 is 1.90 bits per heavy atom. The molecule has 162 valence electrons. The van der Waals surface area contributed by atoms with Crippen LogP contribution in [0, 0.1) is 0 Å². The van der Waals surface area contributed by atoms with E-state index in [9.17, 15) is 9.59 Å². The molecule has 0 fully saturated rings. The molecule has 0 aliphatic carbocycles. The van der Waals surface area contributed by atoms with Crippen molar-refractivity contribution >= 4 is 46.8 Å². The highest BCUT2D eigenvalue weighted by Gasteiger charge is 2.27. The van der Waals surface area contributed by atoms with Crippen LogP contribution in [0.4, 0.5) is 0 Å². The van der Waals surface area contributed by atoms with Gasteiger partial charge >= 0.3 is 0 Å². The Morgan fingerprint density at radius 1 is 1.13 bits per heavy atom. The summed E-state index contributed by atoms with van der Waals surface area (Å²) in [5, 5.41) is 3.66. The van der Waals surface area contributed by atoms with Crippen LogP contribution in [0.5, 0.6) is 5.75 Å². The second-order valence-corrected chi connectivity index (χ2v) is 8.45. The number of hydrogen-bond acceptors (Lipinski definition) is 4. The first kappa shape index (κ1) is 24.4. The van der Waals surface area contributed by atoms with Gasteiger partial charge in [-0.2, -0.15) is 0 Å². The summed E-state index contributed by atoms with van der Waals surface area (Å²) in [6, 6.07) is 12.4. The third-order valence-electron chi connectivity index (χ3n) is 4.60. The molecule has 0 radical (unpaired) electrons. The lowest BCUT2D eigenvalue weighted by molar-refractivity contribution is -0.139. The fraction of sp³-hybridized carbons (Fsp3) is 0.364. The molecule has 0 unspecified atom stereocenters. The molecule has 2 amide bonds. The maximum atomic E-state index is 13.1. The van der Waals surface area contributed by atoms with E-state index in [0.29, 0.717) is 34.5 Å². The summed E-state index contributed by atoms with van der Waals surface area (Å²) < 4.78 is 5.28. The molecule has 0 saturated carbocycles. The molecule has 1 N–H and O–H groups in total. The number of ether oxygens (including phenoxy) is 1. The highest BCUT2D eigenvalue weighted by atomic mass is 35.5. The minimum atomic E-state index is -0.542. The molecule has 2 rings (SSSR count). The van der Waals surface area contributed by atoms with Gasteiger partial charge in [0.05, 0.1) is 22.9 Å². The van der Waals surface area contributed by atoms with Crippen LogP contribution < -0.4 is 10.1 Å². The highest BCUT2D eigenvalue weighted by Crippen LogP contribution is 2.25. The van der Waals surface area contributed by atoms with Crippen molar-refractivity contribution in [1.29, 1.82) is 0 Å². The summed E-state index contributed by atoms with van der Waals surface area (Å²) >= 11 is 13.5. The van der Waals surface area contributed by atoms with E-state index in [1.54, 1.807) is 31.2 Å². The topological polar surface area (TPSA) is 58.6 Å². The summed E-state index contributed by atoms with van der Waals surface area (Å²) in [5.74, 6) is 1.30. The van der Waals surface area contributed by atoms with Crippen molar-refractivity contribution < 1.29 is 14.3 Å². The van der Waals surface area contributed by atoms with E-state index < -0.39 is 6.04 Å². The van der Waals surface area contributed by atoms with Gasteiger partial charge in [0.1, 0.15) is 11.8 Å². The second-order valence-electron chi connectivity index (χ2n) is 6.65. The number of halogens is 2. The predicted octanol–water partition coefficient (Wildman–Crippen LogP) is 4.79. The molecule has 8 heteroatoms. The molecule has 0 aliphatic rings. The van der Waals surface area contributed by atoms with Crippen LogP contribution in [0.25, 0.3) is 0 Å². The molecule has 30 heavy (non-hydrogen) atoms. The van der Waals surface area contributed by atoms with Gasteiger partial charge in [0.15, 0.2) is 0 Å². The van der Waals surface area contributed by atoms with Gasteiger partial charge in [-0.3, -0.25) is 9.59 Å². The highest BCUT2D eigenvalue weighted by molar-refractivity contribution is 7.99. The molecule has 0 aliphatic heterocycles. The summed E-state index contributed by atoms with van der Waals surface area (Å²) in [5.41, 5.74) is 1.89. The zero-order valence-corrected chi connectivity index (χ0v) is 19.6. The quantitative estimate of drug-likeness (QED) is 0.544. The van der Waals surface area contributed by atoms with Gasteiger partial charge in [-0.1, -0.05) is 48.3 Å². The van der Waals surface area contributed by atoms with E-state index in [2.05, 4.69) is 5.32 Å². The van der Waals surface area contributed by atoms with Gasteiger partial charge < -0.3 is 15.0 Å². The molecule has 0 aromatic heterocycles. The summed E-state index contributed by atoms with van der Waals surface area (Å²) in [7, 11) is 3.18. The third-order valence-corrected chi connectivity index (χ3v) is 6.33. The Kier molecular flexibility index (Phi) is 9.82.